The van der Waals surface area contributed by atoms with Crippen molar-refractivity contribution in [2.75, 3.05) is 33.2 Å². The van der Waals surface area contributed by atoms with E-state index in [1.807, 2.05) is 6.26 Å². The molecule has 2 saturated heterocycles. The summed E-state index contributed by atoms with van der Waals surface area (Å²) in [5.74, 6) is 2.05. The summed E-state index contributed by atoms with van der Waals surface area (Å²) in [6, 6.07) is 0. The average Bonchev–Trinajstić information content (AvgIpc) is 3.00. The molecule has 2 aliphatic rings. The Morgan fingerprint density at radius 3 is 2.82 bits per heavy atom. The summed E-state index contributed by atoms with van der Waals surface area (Å²) in [5.41, 5.74) is 1.18. The molecule has 17 heavy (non-hydrogen) atoms. The number of oxazole rings is 1. The van der Waals surface area contributed by atoms with E-state index in [4.69, 9.17) is 9.40 Å². The molecule has 3 heterocycles. The minimum absolute atomic E-state index is 0.495. The first-order valence-electron chi connectivity index (χ1n) is 6.67. The van der Waals surface area contributed by atoms with Crippen molar-refractivity contribution >= 4 is 0 Å². The number of likely N-dealkylation sites (tertiary alicyclic amines) is 1. The van der Waals surface area contributed by atoms with Crippen LogP contribution in [0.2, 0.25) is 0 Å². The summed E-state index contributed by atoms with van der Waals surface area (Å²) in [6.45, 7) is 4.47. The molecule has 1 unspecified atom stereocenters. The highest BCUT2D eigenvalue weighted by molar-refractivity contribution is 5.09. The van der Waals surface area contributed by atoms with Crippen LogP contribution in [0.1, 0.15) is 42.7 Å². The lowest BCUT2D eigenvalue weighted by Gasteiger charge is -2.27. The molecular formula is C13H21N3O. The Bertz CT molecular complexity index is 362. The van der Waals surface area contributed by atoms with E-state index in [9.17, 15) is 0 Å². The molecule has 0 amide bonds. The molecule has 3 rings (SSSR count). The number of rotatable bonds is 2. The van der Waals surface area contributed by atoms with E-state index in [1.54, 1.807) is 0 Å². The normalized spacial score (nSPS) is 27.7. The fraction of sp³-hybridized carbons (Fsp3) is 0.769. The van der Waals surface area contributed by atoms with E-state index in [0.29, 0.717) is 11.8 Å². The van der Waals surface area contributed by atoms with Crippen molar-refractivity contribution in [3.05, 3.63) is 17.8 Å². The first-order chi connectivity index (χ1) is 8.33. The van der Waals surface area contributed by atoms with Gasteiger partial charge in [0.05, 0.1) is 5.69 Å². The Morgan fingerprint density at radius 1 is 1.29 bits per heavy atom. The fourth-order valence-corrected chi connectivity index (χ4v) is 2.85. The second kappa shape index (κ2) is 4.78. The van der Waals surface area contributed by atoms with Crippen LogP contribution in [-0.2, 0) is 0 Å². The second-order valence-corrected chi connectivity index (χ2v) is 5.38. The van der Waals surface area contributed by atoms with Crippen LogP contribution in [-0.4, -0.2) is 43.1 Å². The molecule has 94 valence electrons. The van der Waals surface area contributed by atoms with Gasteiger partial charge in [0.1, 0.15) is 6.26 Å². The number of nitrogens with zero attached hydrogens (tertiary/aromatic N) is 2. The number of hydrogen-bond donors (Lipinski definition) is 1. The van der Waals surface area contributed by atoms with E-state index >= 15 is 0 Å². The van der Waals surface area contributed by atoms with Gasteiger partial charge in [-0.15, -0.1) is 0 Å². The highest BCUT2D eigenvalue weighted by Crippen LogP contribution is 2.29. The summed E-state index contributed by atoms with van der Waals surface area (Å²) < 4.78 is 5.66. The van der Waals surface area contributed by atoms with Crippen molar-refractivity contribution < 1.29 is 4.42 Å². The van der Waals surface area contributed by atoms with E-state index in [-0.39, 0.29) is 0 Å². The van der Waals surface area contributed by atoms with Crippen LogP contribution < -0.4 is 5.32 Å². The van der Waals surface area contributed by atoms with Crippen LogP contribution in [0.4, 0.5) is 0 Å². The van der Waals surface area contributed by atoms with E-state index < -0.39 is 0 Å². The molecule has 4 heteroatoms. The van der Waals surface area contributed by atoms with Gasteiger partial charge in [-0.1, -0.05) is 0 Å². The molecule has 2 fully saturated rings. The molecule has 1 aromatic heterocycles. The van der Waals surface area contributed by atoms with Crippen molar-refractivity contribution in [1.82, 2.24) is 15.2 Å². The number of aromatic nitrogens is 1. The summed E-state index contributed by atoms with van der Waals surface area (Å²) in [5, 5.41) is 3.36. The average molecular weight is 235 g/mol. The van der Waals surface area contributed by atoms with Gasteiger partial charge in [-0.2, -0.15) is 0 Å². The minimum atomic E-state index is 0.495. The van der Waals surface area contributed by atoms with Crippen LogP contribution in [0.3, 0.4) is 0 Å². The highest BCUT2D eigenvalue weighted by atomic mass is 16.3. The molecule has 0 saturated carbocycles. The third-order valence-electron chi connectivity index (χ3n) is 4.09. The number of nitrogens with one attached hydrogen (secondary N) is 1. The fourth-order valence-electron chi connectivity index (χ4n) is 2.85. The van der Waals surface area contributed by atoms with Crippen LogP contribution >= 0.6 is 0 Å². The summed E-state index contributed by atoms with van der Waals surface area (Å²) in [6.07, 6.45) is 5.48. The zero-order valence-electron chi connectivity index (χ0n) is 10.5. The Hall–Kier alpha value is -0.870. The number of hydrogen-bond acceptors (Lipinski definition) is 4. The zero-order valence-corrected chi connectivity index (χ0v) is 10.5. The first-order valence-corrected chi connectivity index (χ1v) is 6.67. The molecule has 1 atom stereocenters. The van der Waals surface area contributed by atoms with Gasteiger partial charge in [-0.3, -0.25) is 0 Å². The van der Waals surface area contributed by atoms with E-state index in [1.165, 1.54) is 31.6 Å². The lowest BCUT2D eigenvalue weighted by molar-refractivity contribution is 0.253. The van der Waals surface area contributed by atoms with Crippen LogP contribution in [0.15, 0.2) is 10.7 Å². The van der Waals surface area contributed by atoms with Gasteiger partial charge in [0.15, 0.2) is 5.89 Å². The van der Waals surface area contributed by atoms with Crippen LogP contribution in [0.25, 0.3) is 0 Å². The lowest BCUT2D eigenvalue weighted by Crippen LogP contribution is -2.29. The van der Waals surface area contributed by atoms with Crippen molar-refractivity contribution in [3.63, 3.8) is 0 Å². The van der Waals surface area contributed by atoms with Crippen LogP contribution in [0.5, 0.6) is 0 Å². The second-order valence-electron chi connectivity index (χ2n) is 5.38. The van der Waals surface area contributed by atoms with Crippen molar-refractivity contribution in [2.45, 2.75) is 31.1 Å². The maximum Gasteiger partial charge on any atom is 0.198 e. The molecule has 4 nitrogen and oxygen atoms in total. The molecule has 0 aliphatic carbocycles. The standard InChI is InChI=1S/C13H21N3O/c1-16-6-3-10(4-7-16)12-9-17-13(15-12)11-2-5-14-8-11/h9-11,14H,2-8H2,1H3. The van der Waals surface area contributed by atoms with Crippen LogP contribution in [0, 0.1) is 0 Å². The molecular weight excluding hydrogens is 214 g/mol. The van der Waals surface area contributed by atoms with E-state index in [2.05, 4.69) is 17.3 Å². The molecule has 1 N–H and O–H groups in total. The Balaban J connectivity index is 1.67. The molecule has 0 aromatic carbocycles. The topological polar surface area (TPSA) is 41.3 Å². The summed E-state index contributed by atoms with van der Waals surface area (Å²) >= 11 is 0. The van der Waals surface area contributed by atoms with E-state index in [0.717, 1.165) is 25.4 Å². The highest BCUT2D eigenvalue weighted by Gasteiger charge is 2.25. The third kappa shape index (κ3) is 2.38. The van der Waals surface area contributed by atoms with Gasteiger partial charge in [-0.05, 0) is 45.9 Å². The Morgan fingerprint density at radius 2 is 2.12 bits per heavy atom. The predicted octanol–water partition coefficient (Wildman–Crippen LogP) is 1.56. The van der Waals surface area contributed by atoms with Gasteiger partial charge in [0.2, 0.25) is 0 Å². The molecule has 0 radical (unpaired) electrons. The predicted molar refractivity (Wildman–Crippen MR) is 66.2 cm³/mol. The zero-order chi connectivity index (χ0) is 11.7. The van der Waals surface area contributed by atoms with Gasteiger partial charge in [0, 0.05) is 18.4 Å². The molecule has 2 aliphatic heterocycles. The maximum atomic E-state index is 5.66. The number of piperidine rings is 1. The maximum absolute atomic E-state index is 5.66. The summed E-state index contributed by atoms with van der Waals surface area (Å²) in [4.78, 5) is 7.10. The lowest BCUT2D eigenvalue weighted by atomic mass is 9.94. The largest absolute Gasteiger partial charge is 0.448 e. The Kier molecular flexibility index (Phi) is 3.16. The molecule has 0 bridgehead atoms. The third-order valence-corrected chi connectivity index (χ3v) is 4.09. The quantitative estimate of drug-likeness (QED) is 0.844. The smallest absolute Gasteiger partial charge is 0.198 e. The van der Waals surface area contributed by atoms with Gasteiger partial charge < -0.3 is 14.6 Å². The first kappa shape index (κ1) is 11.2. The Labute approximate surface area is 102 Å². The van der Waals surface area contributed by atoms with Crippen molar-refractivity contribution in [1.29, 1.82) is 0 Å². The molecule has 0 spiro atoms. The monoisotopic (exact) mass is 235 g/mol. The van der Waals surface area contributed by atoms with Gasteiger partial charge in [0.25, 0.3) is 0 Å². The van der Waals surface area contributed by atoms with Crippen molar-refractivity contribution in [2.24, 2.45) is 0 Å². The van der Waals surface area contributed by atoms with Gasteiger partial charge in [-0.25, -0.2) is 4.98 Å². The van der Waals surface area contributed by atoms with Gasteiger partial charge >= 0.3 is 0 Å². The van der Waals surface area contributed by atoms with Crippen molar-refractivity contribution in [3.8, 4) is 0 Å². The summed E-state index contributed by atoms with van der Waals surface area (Å²) in [7, 11) is 2.19. The minimum Gasteiger partial charge on any atom is -0.448 e. The SMILES string of the molecule is CN1CCC(c2coc(C3CCNC3)n2)CC1. The molecule has 1 aromatic rings.